The third-order valence-electron chi connectivity index (χ3n) is 3.76. The lowest BCUT2D eigenvalue weighted by molar-refractivity contribution is -0.109. The Labute approximate surface area is 129 Å². The number of aldehydes is 1. The quantitative estimate of drug-likeness (QED) is 0.203. The van der Waals surface area contributed by atoms with Crippen molar-refractivity contribution < 1.29 is 4.79 Å². The summed E-state index contributed by atoms with van der Waals surface area (Å²) in [4.78, 5) is 10.7. The number of halogens is 1. The number of carbonyl (C=O) groups excluding carboxylic acids is 1. The molecule has 0 spiro atoms. The Hall–Kier alpha value is 0.150. The first kappa shape index (κ1) is 19.1. The van der Waals surface area contributed by atoms with Crippen LogP contribution in [-0.4, -0.2) is 10.6 Å². The summed E-state index contributed by atoms with van der Waals surface area (Å²) in [5.41, 5.74) is 0. The van der Waals surface area contributed by atoms with Gasteiger partial charge in [-0.25, -0.2) is 0 Å². The molecule has 19 heavy (non-hydrogen) atoms. The standard InChI is InChI=1S/C17H33BrO/c1-3-4-5-6-7-8-9-10-11-12-13-14-15-17(2,18)16-19/h16H,3-15H2,1-2H3. The van der Waals surface area contributed by atoms with Crippen molar-refractivity contribution in [1.82, 2.24) is 0 Å². The molecule has 0 aromatic rings. The van der Waals surface area contributed by atoms with Crippen molar-refractivity contribution in [2.24, 2.45) is 0 Å². The molecular weight excluding hydrogens is 300 g/mol. The highest BCUT2D eigenvalue weighted by molar-refractivity contribution is 9.10. The van der Waals surface area contributed by atoms with Gasteiger partial charge in [0.2, 0.25) is 0 Å². The van der Waals surface area contributed by atoms with Crippen molar-refractivity contribution in [2.75, 3.05) is 0 Å². The Kier molecular flexibility index (Phi) is 13.3. The number of hydrogen-bond acceptors (Lipinski definition) is 1. The first-order chi connectivity index (χ1) is 9.12. The molecule has 2 heteroatoms. The van der Waals surface area contributed by atoms with Gasteiger partial charge in [-0.2, -0.15) is 0 Å². The van der Waals surface area contributed by atoms with Crippen LogP contribution in [0.2, 0.25) is 0 Å². The summed E-state index contributed by atoms with van der Waals surface area (Å²) in [6, 6.07) is 0. The first-order valence-electron chi connectivity index (χ1n) is 8.27. The minimum atomic E-state index is -0.286. The highest BCUT2D eigenvalue weighted by Crippen LogP contribution is 2.22. The van der Waals surface area contributed by atoms with Gasteiger partial charge in [-0.1, -0.05) is 99.9 Å². The van der Waals surface area contributed by atoms with Crippen LogP contribution in [0.4, 0.5) is 0 Å². The molecule has 0 saturated carbocycles. The Bertz CT molecular complexity index is 201. The lowest BCUT2D eigenvalue weighted by atomic mass is 10.0. The number of unbranched alkanes of at least 4 members (excludes halogenated alkanes) is 11. The van der Waals surface area contributed by atoms with Crippen LogP contribution in [0.3, 0.4) is 0 Å². The van der Waals surface area contributed by atoms with Crippen molar-refractivity contribution in [3.63, 3.8) is 0 Å². The van der Waals surface area contributed by atoms with Crippen molar-refractivity contribution >= 4 is 22.2 Å². The SMILES string of the molecule is CCCCCCCCCCCCCCC(C)(Br)C=O. The average molecular weight is 333 g/mol. The maximum Gasteiger partial charge on any atom is 0.136 e. The van der Waals surface area contributed by atoms with E-state index in [1.165, 1.54) is 70.6 Å². The maximum absolute atomic E-state index is 10.7. The summed E-state index contributed by atoms with van der Waals surface area (Å²) in [5, 5.41) is 0. The van der Waals surface area contributed by atoms with Crippen LogP contribution in [0.15, 0.2) is 0 Å². The van der Waals surface area contributed by atoms with E-state index in [9.17, 15) is 4.79 Å². The van der Waals surface area contributed by atoms with Crippen LogP contribution >= 0.6 is 15.9 Å². The Morgan fingerprint density at radius 1 is 0.789 bits per heavy atom. The minimum Gasteiger partial charge on any atom is -0.302 e. The molecule has 0 aliphatic heterocycles. The highest BCUT2D eigenvalue weighted by Gasteiger charge is 2.17. The molecule has 114 valence electrons. The summed E-state index contributed by atoms with van der Waals surface area (Å²) in [7, 11) is 0. The molecule has 0 saturated heterocycles. The fraction of sp³-hybridized carbons (Fsp3) is 0.941. The van der Waals surface area contributed by atoms with Gasteiger partial charge >= 0.3 is 0 Å². The van der Waals surface area contributed by atoms with E-state index in [4.69, 9.17) is 0 Å². The highest BCUT2D eigenvalue weighted by atomic mass is 79.9. The third kappa shape index (κ3) is 14.4. The van der Waals surface area contributed by atoms with Gasteiger partial charge in [0.15, 0.2) is 0 Å². The number of rotatable bonds is 14. The molecule has 0 fully saturated rings. The van der Waals surface area contributed by atoms with Gasteiger partial charge in [0.05, 0.1) is 4.32 Å². The molecule has 0 radical (unpaired) electrons. The number of alkyl halides is 1. The summed E-state index contributed by atoms with van der Waals surface area (Å²) < 4.78 is -0.286. The van der Waals surface area contributed by atoms with Crippen LogP contribution < -0.4 is 0 Å². The van der Waals surface area contributed by atoms with Gasteiger partial charge in [0.1, 0.15) is 6.29 Å². The van der Waals surface area contributed by atoms with E-state index in [0.717, 1.165) is 19.1 Å². The van der Waals surface area contributed by atoms with Gasteiger partial charge in [-0.15, -0.1) is 0 Å². The second kappa shape index (κ2) is 13.1. The van der Waals surface area contributed by atoms with Gasteiger partial charge < -0.3 is 4.79 Å². The van der Waals surface area contributed by atoms with Crippen LogP contribution in [0, 0.1) is 0 Å². The zero-order chi connectivity index (χ0) is 14.4. The average Bonchev–Trinajstić information content (AvgIpc) is 2.40. The van der Waals surface area contributed by atoms with E-state index >= 15 is 0 Å². The molecular formula is C17H33BrO. The Morgan fingerprint density at radius 2 is 1.16 bits per heavy atom. The van der Waals surface area contributed by atoms with Crippen molar-refractivity contribution in [1.29, 1.82) is 0 Å². The van der Waals surface area contributed by atoms with E-state index < -0.39 is 0 Å². The van der Waals surface area contributed by atoms with Crippen LogP contribution in [0.1, 0.15) is 97.3 Å². The summed E-state index contributed by atoms with van der Waals surface area (Å²) in [5.74, 6) is 0. The zero-order valence-electron chi connectivity index (χ0n) is 13.1. The predicted molar refractivity (Wildman–Crippen MR) is 89.1 cm³/mol. The molecule has 0 amide bonds. The fourth-order valence-corrected chi connectivity index (χ4v) is 2.65. The molecule has 1 unspecified atom stereocenters. The van der Waals surface area contributed by atoms with Gasteiger partial charge in [0, 0.05) is 0 Å². The topological polar surface area (TPSA) is 17.1 Å². The van der Waals surface area contributed by atoms with Crippen molar-refractivity contribution in [3.8, 4) is 0 Å². The smallest absolute Gasteiger partial charge is 0.136 e. The van der Waals surface area contributed by atoms with Crippen LogP contribution in [0.5, 0.6) is 0 Å². The minimum absolute atomic E-state index is 0.286. The van der Waals surface area contributed by atoms with Crippen molar-refractivity contribution in [2.45, 2.75) is 102 Å². The van der Waals surface area contributed by atoms with E-state index in [2.05, 4.69) is 22.9 Å². The molecule has 0 rings (SSSR count). The summed E-state index contributed by atoms with van der Waals surface area (Å²) >= 11 is 3.44. The molecule has 0 aromatic carbocycles. The molecule has 0 heterocycles. The van der Waals surface area contributed by atoms with E-state index in [1.54, 1.807) is 0 Å². The lowest BCUT2D eigenvalue weighted by Crippen LogP contribution is -2.16. The zero-order valence-corrected chi connectivity index (χ0v) is 14.6. The third-order valence-corrected chi connectivity index (χ3v) is 4.35. The van der Waals surface area contributed by atoms with Crippen LogP contribution in [0.25, 0.3) is 0 Å². The normalized spacial score (nSPS) is 14.3. The number of hydrogen-bond donors (Lipinski definition) is 0. The molecule has 0 aromatic heterocycles. The van der Waals surface area contributed by atoms with Crippen LogP contribution in [-0.2, 0) is 4.79 Å². The lowest BCUT2D eigenvalue weighted by Gasteiger charge is -2.13. The molecule has 0 aliphatic rings. The number of carbonyl (C=O) groups is 1. The molecule has 0 aliphatic carbocycles. The van der Waals surface area contributed by atoms with Crippen molar-refractivity contribution in [3.05, 3.63) is 0 Å². The molecule has 1 atom stereocenters. The molecule has 1 nitrogen and oxygen atoms in total. The fourth-order valence-electron chi connectivity index (χ4n) is 2.37. The second-order valence-electron chi connectivity index (χ2n) is 6.04. The summed E-state index contributed by atoms with van der Waals surface area (Å²) in [6.45, 7) is 4.23. The maximum atomic E-state index is 10.7. The predicted octanol–water partition coefficient (Wildman–Crippen LogP) is 6.43. The first-order valence-corrected chi connectivity index (χ1v) is 9.07. The second-order valence-corrected chi connectivity index (χ2v) is 7.85. The summed E-state index contributed by atoms with van der Waals surface area (Å²) in [6.07, 6.45) is 18.4. The monoisotopic (exact) mass is 332 g/mol. The largest absolute Gasteiger partial charge is 0.302 e. The van der Waals surface area contributed by atoms with Gasteiger partial charge in [0.25, 0.3) is 0 Å². The van der Waals surface area contributed by atoms with Gasteiger partial charge in [-0.05, 0) is 13.3 Å². The van der Waals surface area contributed by atoms with E-state index in [0.29, 0.717) is 0 Å². The Morgan fingerprint density at radius 3 is 1.53 bits per heavy atom. The van der Waals surface area contributed by atoms with E-state index in [1.807, 2.05) is 6.92 Å². The van der Waals surface area contributed by atoms with Gasteiger partial charge in [-0.3, -0.25) is 0 Å². The Balaban J connectivity index is 3.09. The molecule has 0 N–H and O–H groups in total. The molecule has 0 bridgehead atoms. The van der Waals surface area contributed by atoms with E-state index in [-0.39, 0.29) is 4.32 Å².